The highest BCUT2D eigenvalue weighted by molar-refractivity contribution is 6.33. The molecule has 0 radical (unpaired) electrons. The van der Waals surface area contributed by atoms with E-state index < -0.39 is 0 Å². The maximum atomic E-state index is 12.8. The van der Waals surface area contributed by atoms with Gasteiger partial charge in [0.2, 0.25) is 11.9 Å². The van der Waals surface area contributed by atoms with E-state index >= 15 is 0 Å². The molecule has 1 saturated carbocycles. The number of nitrogens with one attached hydrogen (secondary N) is 3. The third kappa shape index (κ3) is 6.96. The van der Waals surface area contributed by atoms with Crippen molar-refractivity contribution < 1.29 is 14.1 Å². The van der Waals surface area contributed by atoms with Gasteiger partial charge in [-0.05, 0) is 71.5 Å². The molecule has 1 aliphatic carbocycles. The summed E-state index contributed by atoms with van der Waals surface area (Å²) < 4.78 is 5.26. The lowest BCUT2D eigenvalue weighted by Gasteiger charge is -2.15. The number of amides is 2. The maximum Gasteiger partial charge on any atom is 0.251 e. The maximum absolute atomic E-state index is 12.8. The van der Waals surface area contributed by atoms with Crippen molar-refractivity contribution in [3.8, 4) is 11.3 Å². The van der Waals surface area contributed by atoms with Gasteiger partial charge in [0.05, 0.1) is 28.2 Å². The monoisotopic (exact) mass is 537 g/mol. The van der Waals surface area contributed by atoms with E-state index in [0.717, 1.165) is 24.8 Å². The molecule has 0 saturated heterocycles. The fourth-order valence-corrected chi connectivity index (χ4v) is 4.57. The minimum absolute atomic E-state index is 0.0237. The summed E-state index contributed by atoms with van der Waals surface area (Å²) in [6.45, 7) is 4.34. The number of hydrogen-bond donors (Lipinski definition) is 3. The SMILES string of the molecule is Cc1noc(C)c1-c1nc(N[C@H]2CCC(NC(=O)c3ccc(NC(=O)/C=C/CN(C)C)cc3)C2)ncc1Cl. The summed E-state index contributed by atoms with van der Waals surface area (Å²) in [6.07, 6.45) is 7.30. The summed E-state index contributed by atoms with van der Waals surface area (Å²) in [5.41, 5.74) is 3.22. The molecule has 200 valence electrons. The number of hydrogen-bond acceptors (Lipinski definition) is 8. The van der Waals surface area contributed by atoms with Crippen molar-refractivity contribution in [3.63, 3.8) is 0 Å². The molecule has 1 unspecified atom stereocenters. The number of halogens is 1. The normalized spacial score (nSPS) is 17.2. The highest BCUT2D eigenvalue weighted by Gasteiger charge is 2.27. The van der Waals surface area contributed by atoms with E-state index in [0.29, 0.717) is 45.9 Å². The van der Waals surface area contributed by atoms with Gasteiger partial charge in [-0.1, -0.05) is 22.8 Å². The van der Waals surface area contributed by atoms with Crippen LogP contribution in [0.15, 0.2) is 47.1 Å². The minimum atomic E-state index is -0.211. The van der Waals surface area contributed by atoms with Crippen LogP contribution in [0.1, 0.15) is 41.1 Å². The molecule has 3 N–H and O–H groups in total. The van der Waals surface area contributed by atoms with Crippen LogP contribution in [0.2, 0.25) is 5.02 Å². The lowest BCUT2D eigenvalue weighted by Crippen LogP contribution is -2.34. The van der Waals surface area contributed by atoms with Crippen molar-refractivity contribution in [2.45, 2.75) is 45.2 Å². The fraction of sp³-hybridized carbons (Fsp3) is 0.370. The zero-order chi connectivity index (χ0) is 27.2. The Morgan fingerprint density at radius 3 is 2.58 bits per heavy atom. The molecule has 2 amide bonds. The molecule has 0 spiro atoms. The number of nitrogens with zero attached hydrogens (tertiary/aromatic N) is 4. The van der Waals surface area contributed by atoms with Crippen molar-refractivity contribution in [2.24, 2.45) is 0 Å². The highest BCUT2D eigenvalue weighted by Crippen LogP contribution is 2.32. The van der Waals surface area contributed by atoms with Gasteiger partial charge < -0.3 is 25.4 Å². The molecule has 11 heteroatoms. The third-order valence-electron chi connectivity index (χ3n) is 6.27. The molecule has 0 bridgehead atoms. The van der Waals surface area contributed by atoms with Crippen LogP contribution in [0.3, 0.4) is 0 Å². The Morgan fingerprint density at radius 2 is 1.89 bits per heavy atom. The number of carbonyl (C=O) groups is 2. The number of carbonyl (C=O) groups excluding carboxylic acids is 2. The minimum Gasteiger partial charge on any atom is -0.361 e. The van der Waals surface area contributed by atoms with Crippen molar-refractivity contribution in [2.75, 3.05) is 31.3 Å². The second-order valence-electron chi connectivity index (χ2n) is 9.65. The molecular formula is C27H32ClN7O3. The fourth-order valence-electron chi connectivity index (χ4n) is 4.39. The Balaban J connectivity index is 1.30. The first-order valence-electron chi connectivity index (χ1n) is 12.4. The average molecular weight is 538 g/mol. The molecule has 2 aromatic heterocycles. The first-order valence-corrected chi connectivity index (χ1v) is 12.8. The molecule has 4 rings (SSSR count). The summed E-state index contributed by atoms with van der Waals surface area (Å²) in [7, 11) is 3.86. The van der Waals surface area contributed by atoms with Gasteiger partial charge in [0.1, 0.15) is 5.76 Å². The lowest BCUT2D eigenvalue weighted by molar-refractivity contribution is -0.111. The smallest absolute Gasteiger partial charge is 0.251 e. The summed E-state index contributed by atoms with van der Waals surface area (Å²) in [5.74, 6) is 0.750. The predicted octanol–water partition coefficient (Wildman–Crippen LogP) is 4.22. The molecule has 2 atom stereocenters. The van der Waals surface area contributed by atoms with Gasteiger partial charge in [-0.25, -0.2) is 9.97 Å². The van der Waals surface area contributed by atoms with Gasteiger partial charge in [0.25, 0.3) is 5.91 Å². The first kappa shape index (κ1) is 27.3. The molecule has 38 heavy (non-hydrogen) atoms. The molecule has 1 aromatic carbocycles. The van der Waals surface area contributed by atoms with Gasteiger partial charge in [0, 0.05) is 36.0 Å². The number of anilines is 2. The van der Waals surface area contributed by atoms with Gasteiger partial charge in [-0.3, -0.25) is 9.59 Å². The zero-order valence-electron chi connectivity index (χ0n) is 21.9. The summed E-state index contributed by atoms with van der Waals surface area (Å²) in [4.78, 5) is 35.7. The van der Waals surface area contributed by atoms with Crippen LogP contribution >= 0.6 is 11.6 Å². The molecule has 2 heterocycles. The van der Waals surface area contributed by atoms with E-state index in [9.17, 15) is 9.59 Å². The summed E-state index contributed by atoms with van der Waals surface area (Å²) in [6, 6.07) is 6.99. The third-order valence-corrected chi connectivity index (χ3v) is 6.55. The molecular weight excluding hydrogens is 506 g/mol. The average Bonchev–Trinajstić information content (AvgIpc) is 3.45. The second kappa shape index (κ2) is 12.2. The lowest BCUT2D eigenvalue weighted by atomic mass is 10.1. The second-order valence-corrected chi connectivity index (χ2v) is 10.1. The summed E-state index contributed by atoms with van der Waals surface area (Å²) in [5, 5.41) is 13.7. The Hall–Kier alpha value is -3.76. The van der Waals surface area contributed by atoms with Crippen LogP contribution in [0.4, 0.5) is 11.6 Å². The van der Waals surface area contributed by atoms with Crippen molar-refractivity contribution in [1.29, 1.82) is 0 Å². The molecule has 1 fully saturated rings. The molecule has 0 aliphatic heterocycles. The Bertz CT molecular complexity index is 1300. The summed E-state index contributed by atoms with van der Waals surface area (Å²) >= 11 is 6.36. The van der Waals surface area contributed by atoms with E-state index in [1.807, 2.05) is 32.8 Å². The van der Waals surface area contributed by atoms with Gasteiger partial charge >= 0.3 is 0 Å². The molecule has 3 aromatic rings. The highest BCUT2D eigenvalue weighted by atomic mass is 35.5. The van der Waals surface area contributed by atoms with Gasteiger partial charge in [0.15, 0.2) is 0 Å². The van der Waals surface area contributed by atoms with Crippen LogP contribution < -0.4 is 16.0 Å². The Morgan fingerprint density at radius 1 is 1.16 bits per heavy atom. The Labute approximate surface area is 226 Å². The molecule has 10 nitrogen and oxygen atoms in total. The number of rotatable bonds is 9. The van der Waals surface area contributed by atoms with Gasteiger partial charge in [-0.15, -0.1) is 0 Å². The van der Waals surface area contributed by atoms with Gasteiger partial charge in [-0.2, -0.15) is 0 Å². The van der Waals surface area contributed by atoms with E-state index in [4.69, 9.17) is 16.1 Å². The topological polar surface area (TPSA) is 125 Å². The predicted molar refractivity (Wildman–Crippen MR) is 147 cm³/mol. The number of likely N-dealkylation sites (N-methyl/N-ethyl adjacent to an activating group) is 1. The van der Waals surface area contributed by atoms with Crippen molar-refractivity contribution in [3.05, 3.63) is 64.7 Å². The first-order chi connectivity index (χ1) is 18.2. The quantitative estimate of drug-likeness (QED) is 0.346. The van der Waals surface area contributed by atoms with E-state index in [1.54, 1.807) is 36.5 Å². The van der Waals surface area contributed by atoms with E-state index in [2.05, 4.69) is 31.1 Å². The van der Waals surface area contributed by atoms with Crippen molar-refractivity contribution >= 4 is 35.1 Å². The van der Waals surface area contributed by atoms with E-state index in [-0.39, 0.29) is 23.9 Å². The van der Waals surface area contributed by atoms with E-state index in [1.165, 1.54) is 6.08 Å². The molecule has 1 aliphatic rings. The van der Waals surface area contributed by atoms with Crippen LogP contribution in [-0.4, -0.2) is 64.6 Å². The van der Waals surface area contributed by atoms with Crippen LogP contribution in [-0.2, 0) is 4.79 Å². The largest absolute Gasteiger partial charge is 0.361 e. The van der Waals surface area contributed by atoms with Crippen LogP contribution in [0, 0.1) is 13.8 Å². The number of aromatic nitrogens is 3. The Kier molecular flexibility index (Phi) is 8.75. The van der Waals surface area contributed by atoms with Crippen LogP contribution in [0.25, 0.3) is 11.3 Å². The van der Waals surface area contributed by atoms with Crippen molar-refractivity contribution in [1.82, 2.24) is 25.3 Å². The zero-order valence-corrected chi connectivity index (χ0v) is 22.7. The standard InChI is InChI=1S/C27H32ClN7O3/c1-16-24(17(2)38-34-16)25-22(28)15-29-27(33-25)32-21-12-11-20(14-21)31-26(37)18-7-9-19(10-8-18)30-23(36)6-5-13-35(3)4/h5-10,15,20-21H,11-14H2,1-4H3,(H,30,36)(H,31,37)(H,29,32,33)/b6-5+/t20?,21-/m0/s1. The number of benzene rings is 1. The number of aryl methyl sites for hydroxylation is 2. The van der Waals surface area contributed by atoms with Crippen LogP contribution in [0.5, 0.6) is 0 Å².